The Balaban J connectivity index is 1.33. The summed E-state index contributed by atoms with van der Waals surface area (Å²) in [6.07, 6.45) is 6.02. The van der Waals surface area contributed by atoms with Gasteiger partial charge in [-0.3, -0.25) is 9.48 Å². The third kappa shape index (κ3) is 4.16. The lowest BCUT2D eigenvalue weighted by Gasteiger charge is -2.05. The number of anilines is 1. The molecule has 1 N–H and O–H groups in total. The van der Waals surface area contributed by atoms with Gasteiger partial charge in [0.15, 0.2) is 5.76 Å². The number of ether oxygens (including phenoxy) is 1. The van der Waals surface area contributed by atoms with E-state index in [1.54, 1.807) is 18.3 Å². The molecule has 1 aliphatic rings. The molecule has 26 heavy (non-hydrogen) atoms. The summed E-state index contributed by atoms with van der Waals surface area (Å²) < 4.78 is 14.0. The summed E-state index contributed by atoms with van der Waals surface area (Å²) in [6.45, 7) is 1.16. The summed E-state index contributed by atoms with van der Waals surface area (Å²) in [7, 11) is 0. The second-order valence-electron chi connectivity index (χ2n) is 6.33. The lowest BCUT2D eigenvalue weighted by Crippen LogP contribution is -2.10. The second-order valence-corrected chi connectivity index (χ2v) is 7.19. The van der Waals surface area contributed by atoms with E-state index in [1.165, 1.54) is 12.8 Å². The number of halogens is 1. The topological polar surface area (TPSA) is 69.3 Å². The van der Waals surface area contributed by atoms with Crippen LogP contribution in [0.25, 0.3) is 0 Å². The smallest absolute Gasteiger partial charge is 0.291 e. The van der Waals surface area contributed by atoms with E-state index in [0.717, 1.165) is 22.7 Å². The summed E-state index contributed by atoms with van der Waals surface area (Å²) in [5, 5.41) is 7.07. The Morgan fingerprint density at radius 2 is 2.15 bits per heavy atom. The molecule has 2 heterocycles. The van der Waals surface area contributed by atoms with Gasteiger partial charge in [-0.15, -0.1) is 0 Å². The van der Waals surface area contributed by atoms with Gasteiger partial charge in [-0.25, -0.2) is 0 Å². The molecule has 1 fully saturated rings. The first kappa shape index (κ1) is 16.9. The Morgan fingerprint density at radius 1 is 1.31 bits per heavy atom. The number of furan rings is 1. The highest BCUT2D eigenvalue weighted by atomic mass is 79.9. The maximum atomic E-state index is 12.3. The average Bonchev–Trinajstić information content (AvgIpc) is 3.14. The van der Waals surface area contributed by atoms with Crippen LogP contribution in [-0.4, -0.2) is 15.7 Å². The number of nitrogens with zero attached hydrogens (tertiary/aromatic N) is 2. The van der Waals surface area contributed by atoms with Gasteiger partial charge in [-0.1, -0.05) is 12.1 Å². The fourth-order valence-electron chi connectivity index (χ4n) is 2.57. The summed E-state index contributed by atoms with van der Waals surface area (Å²) in [6, 6.07) is 11.0. The van der Waals surface area contributed by atoms with Crippen LogP contribution in [0.3, 0.4) is 0 Å². The molecular formula is C19H18BrN3O3. The minimum Gasteiger partial charge on any atom is -0.484 e. The van der Waals surface area contributed by atoms with Crippen LogP contribution in [0.2, 0.25) is 0 Å². The minimum atomic E-state index is -0.303. The Labute approximate surface area is 159 Å². The molecule has 1 aliphatic carbocycles. The summed E-state index contributed by atoms with van der Waals surface area (Å²) in [5.74, 6) is 1.97. The highest BCUT2D eigenvalue weighted by Crippen LogP contribution is 2.30. The fourth-order valence-corrected chi connectivity index (χ4v) is 2.97. The molecule has 4 rings (SSSR count). The first-order valence-corrected chi connectivity index (χ1v) is 9.26. The van der Waals surface area contributed by atoms with E-state index in [0.29, 0.717) is 11.4 Å². The van der Waals surface area contributed by atoms with E-state index in [4.69, 9.17) is 9.15 Å². The van der Waals surface area contributed by atoms with Crippen LogP contribution in [-0.2, 0) is 13.2 Å². The first-order chi connectivity index (χ1) is 12.7. The second kappa shape index (κ2) is 7.37. The molecule has 0 aliphatic heterocycles. The maximum Gasteiger partial charge on any atom is 0.291 e. The van der Waals surface area contributed by atoms with Crippen LogP contribution in [0, 0.1) is 5.92 Å². The number of carbonyl (C=O) groups excluding carboxylic acids is 1. The summed E-state index contributed by atoms with van der Waals surface area (Å²) in [4.78, 5) is 12.3. The van der Waals surface area contributed by atoms with Gasteiger partial charge in [-0.05, 0) is 59.0 Å². The average molecular weight is 416 g/mol. The molecule has 0 radical (unpaired) electrons. The Kier molecular flexibility index (Phi) is 4.79. The van der Waals surface area contributed by atoms with Gasteiger partial charge < -0.3 is 14.5 Å². The van der Waals surface area contributed by atoms with Crippen molar-refractivity contribution in [3.8, 4) is 5.75 Å². The zero-order chi connectivity index (χ0) is 17.9. The van der Waals surface area contributed by atoms with Gasteiger partial charge in [-0.2, -0.15) is 5.10 Å². The number of rotatable bonds is 7. The highest BCUT2D eigenvalue weighted by Gasteiger charge is 2.22. The van der Waals surface area contributed by atoms with Gasteiger partial charge >= 0.3 is 0 Å². The van der Waals surface area contributed by atoms with Crippen LogP contribution in [0.1, 0.15) is 29.2 Å². The molecule has 0 spiro atoms. The molecule has 7 heteroatoms. The third-order valence-electron chi connectivity index (χ3n) is 4.13. The van der Waals surface area contributed by atoms with Crippen molar-refractivity contribution >= 4 is 27.5 Å². The number of hydrogen-bond acceptors (Lipinski definition) is 4. The van der Waals surface area contributed by atoms with Crippen molar-refractivity contribution < 1.29 is 13.9 Å². The van der Waals surface area contributed by atoms with Crippen molar-refractivity contribution in [1.29, 1.82) is 0 Å². The van der Waals surface area contributed by atoms with Gasteiger partial charge in [0.2, 0.25) is 0 Å². The van der Waals surface area contributed by atoms with Crippen molar-refractivity contribution in [2.24, 2.45) is 5.92 Å². The Hall–Kier alpha value is -2.54. The molecule has 1 saturated carbocycles. The Bertz CT molecular complexity index is 914. The fraction of sp³-hybridized carbons (Fsp3) is 0.263. The predicted octanol–water partition coefficient (Wildman–Crippen LogP) is 4.48. The molecule has 1 amide bonds. The predicted molar refractivity (Wildman–Crippen MR) is 100 cm³/mol. The summed E-state index contributed by atoms with van der Waals surface area (Å²) >= 11 is 3.43. The molecule has 134 valence electrons. The molecule has 2 aromatic heterocycles. The van der Waals surface area contributed by atoms with E-state index in [2.05, 4.69) is 26.3 Å². The standard InChI is InChI=1S/C19H18BrN3O3/c20-16-3-1-2-4-17(16)25-12-15-7-8-18(26-15)19(24)22-14-9-21-23(11-14)10-13-5-6-13/h1-4,7-9,11,13H,5-6,10,12H2,(H,22,24). The molecule has 0 atom stereocenters. The van der Waals surface area contributed by atoms with E-state index >= 15 is 0 Å². The van der Waals surface area contributed by atoms with Gasteiger partial charge in [0.1, 0.15) is 18.1 Å². The quantitative estimate of drug-likeness (QED) is 0.617. The molecule has 1 aromatic carbocycles. The number of hydrogen-bond donors (Lipinski definition) is 1. The molecule has 0 saturated heterocycles. The van der Waals surface area contributed by atoms with E-state index < -0.39 is 0 Å². The van der Waals surface area contributed by atoms with Crippen molar-refractivity contribution in [3.05, 3.63) is 64.8 Å². The molecule has 0 bridgehead atoms. The minimum absolute atomic E-state index is 0.241. The van der Waals surface area contributed by atoms with Crippen LogP contribution >= 0.6 is 15.9 Å². The van der Waals surface area contributed by atoms with Crippen LogP contribution in [0.4, 0.5) is 5.69 Å². The molecular weight excluding hydrogens is 398 g/mol. The first-order valence-electron chi connectivity index (χ1n) is 8.47. The zero-order valence-electron chi connectivity index (χ0n) is 14.0. The largest absolute Gasteiger partial charge is 0.484 e. The number of nitrogens with one attached hydrogen (secondary N) is 1. The monoisotopic (exact) mass is 415 g/mol. The lowest BCUT2D eigenvalue weighted by molar-refractivity contribution is 0.0992. The van der Waals surface area contributed by atoms with E-state index in [9.17, 15) is 4.79 Å². The number of carbonyl (C=O) groups is 1. The van der Waals surface area contributed by atoms with Crippen LogP contribution in [0.5, 0.6) is 5.75 Å². The van der Waals surface area contributed by atoms with Crippen molar-refractivity contribution in [2.75, 3.05) is 5.32 Å². The van der Waals surface area contributed by atoms with Crippen LogP contribution in [0.15, 0.2) is 57.7 Å². The maximum absolute atomic E-state index is 12.3. The van der Waals surface area contributed by atoms with E-state index in [1.807, 2.05) is 35.1 Å². The lowest BCUT2D eigenvalue weighted by atomic mass is 10.3. The van der Waals surface area contributed by atoms with Crippen molar-refractivity contribution in [1.82, 2.24) is 9.78 Å². The van der Waals surface area contributed by atoms with Crippen molar-refractivity contribution in [3.63, 3.8) is 0 Å². The van der Waals surface area contributed by atoms with Gasteiger partial charge in [0.05, 0.1) is 16.4 Å². The van der Waals surface area contributed by atoms with Crippen molar-refractivity contribution in [2.45, 2.75) is 26.0 Å². The van der Waals surface area contributed by atoms with Gasteiger partial charge in [0.25, 0.3) is 5.91 Å². The van der Waals surface area contributed by atoms with Gasteiger partial charge in [0, 0.05) is 12.7 Å². The normalized spacial score (nSPS) is 13.6. The molecule has 3 aromatic rings. The molecule has 6 nitrogen and oxygen atoms in total. The molecule has 0 unspecified atom stereocenters. The Morgan fingerprint density at radius 3 is 2.96 bits per heavy atom. The van der Waals surface area contributed by atoms with Crippen LogP contribution < -0.4 is 10.1 Å². The number of benzene rings is 1. The zero-order valence-corrected chi connectivity index (χ0v) is 15.6. The summed E-state index contributed by atoms with van der Waals surface area (Å²) in [5.41, 5.74) is 0.665. The SMILES string of the molecule is O=C(Nc1cnn(CC2CC2)c1)c1ccc(COc2ccccc2Br)o1. The number of aromatic nitrogens is 2. The highest BCUT2D eigenvalue weighted by molar-refractivity contribution is 9.10. The third-order valence-corrected chi connectivity index (χ3v) is 4.78. The number of amides is 1. The van der Waals surface area contributed by atoms with E-state index in [-0.39, 0.29) is 18.3 Å². The number of para-hydroxylation sites is 1.